The van der Waals surface area contributed by atoms with Crippen molar-refractivity contribution in [3.05, 3.63) is 129 Å². The number of anilines is 2. The highest BCUT2D eigenvalue weighted by Crippen LogP contribution is 2.59. The summed E-state index contributed by atoms with van der Waals surface area (Å²) < 4.78 is 1.73. The normalized spacial score (nSPS) is 28.1. The first-order valence-electron chi connectivity index (χ1n) is 14.3. The zero-order valence-electron chi connectivity index (χ0n) is 23.0. The van der Waals surface area contributed by atoms with Gasteiger partial charge in [0.25, 0.3) is 11.8 Å². The number of hydrazine groups is 1. The van der Waals surface area contributed by atoms with Gasteiger partial charge in [-0.3, -0.25) is 19.2 Å². The number of hydrogen-bond acceptors (Lipinski definition) is 6. The van der Waals surface area contributed by atoms with Crippen LogP contribution in [0.2, 0.25) is 0 Å². The van der Waals surface area contributed by atoms with Gasteiger partial charge in [-0.2, -0.15) is 0 Å². The van der Waals surface area contributed by atoms with Crippen molar-refractivity contribution in [2.45, 2.75) is 24.2 Å². The summed E-state index contributed by atoms with van der Waals surface area (Å²) in [7, 11) is 0. The van der Waals surface area contributed by atoms with Gasteiger partial charge in [0.15, 0.2) is 0 Å². The number of carbonyl (C=O) groups excluding carboxylic acids is 4. The molecule has 4 fully saturated rings. The van der Waals surface area contributed by atoms with Gasteiger partial charge in [0.2, 0.25) is 11.8 Å². The fraction of sp³-hybridized carbons (Fsp3) is 0.176. The second-order valence-electron chi connectivity index (χ2n) is 11.4. The molecule has 0 radical (unpaired) electrons. The molecule has 0 saturated carbocycles. The van der Waals surface area contributed by atoms with Gasteiger partial charge in [-0.05, 0) is 59.7 Å². The maximum atomic E-state index is 14.4. The topological polar surface area (TPSA) is 81.2 Å². The van der Waals surface area contributed by atoms with E-state index in [9.17, 15) is 19.2 Å². The number of halogens is 2. The number of carbonyl (C=O) groups is 4. The van der Waals surface area contributed by atoms with Crippen LogP contribution in [0.15, 0.2) is 118 Å². The van der Waals surface area contributed by atoms with E-state index in [1.165, 1.54) is 9.80 Å². The minimum atomic E-state index is -0.902. The number of benzene rings is 4. The van der Waals surface area contributed by atoms with Crippen LogP contribution in [-0.4, -0.2) is 45.7 Å². The predicted octanol–water partition coefficient (Wildman–Crippen LogP) is 5.66. The SMILES string of the molecule is O=C1[C@@H]2[C@@H](C(=O)N1c1ccccc1)N1[C@H](c3ccc(Br)cc3)[C@@H]3C(=O)N(c4ccccc4)C(=O)[C@@H]3N1[C@@H]2c1ccc(Br)cc1. The Kier molecular flexibility index (Phi) is 6.46. The van der Waals surface area contributed by atoms with Crippen molar-refractivity contribution in [2.24, 2.45) is 11.8 Å². The molecule has 8 rings (SSSR count). The summed E-state index contributed by atoms with van der Waals surface area (Å²) in [5.74, 6) is -2.96. The van der Waals surface area contributed by atoms with Crippen LogP contribution in [0, 0.1) is 11.8 Å². The quantitative estimate of drug-likeness (QED) is 0.255. The highest BCUT2D eigenvalue weighted by atomic mass is 79.9. The molecule has 6 atom stereocenters. The van der Waals surface area contributed by atoms with Crippen molar-refractivity contribution in [2.75, 3.05) is 9.80 Å². The molecule has 4 heterocycles. The number of hydrogen-bond donors (Lipinski definition) is 0. The molecule has 0 aliphatic carbocycles. The molecule has 0 N–H and O–H groups in total. The van der Waals surface area contributed by atoms with Crippen LogP contribution in [0.1, 0.15) is 23.2 Å². The van der Waals surface area contributed by atoms with Crippen molar-refractivity contribution in [1.82, 2.24) is 10.0 Å². The Hall–Kier alpha value is -3.96. The molecular weight excluding hydrogens is 688 g/mol. The van der Waals surface area contributed by atoms with Crippen molar-refractivity contribution in [1.29, 1.82) is 0 Å². The van der Waals surface area contributed by atoms with Crippen LogP contribution in [-0.2, 0) is 19.2 Å². The fourth-order valence-corrected chi connectivity index (χ4v) is 8.01. The van der Waals surface area contributed by atoms with E-state index in [4.69, 9.17) is 0 Å². The fourth-order valence-electron chi connectivity index (χ4n) is 7.48. The monoisotopic (exact) mass is 710 g/mol. The van der Waals surface area contributed by atoms with Gasteiger partial charge in [-0.15, -0.1) is 0 Å². The smallest absolute Gasteiger partial charge is 0.253 e. The lowest BCUT2D eigenvalue weighted by atomic mass is 9.84. The summed E-state index contributed by atoms with van der Waals surface area (Å²) >= 11 is 7.02. The Morgan fingerprint density at radius 3 is 1.09 bits per heavy atom. The standard InChI is InChI=1S/C34H24Br2N4O4/c35-21-15-11-19(12-16-21)27-25-29(33(43)37(31(25)41)23-7-3-1-4-8-23)39-28(20-13-17-22(36)18-14-20)26-30(40(27)39)34(44)38(32(26)42)24-9-5-2-6-10-24/h1-18,25-30H/t25-,26-,27+,28+,29-,30+/m0/s1. The Balaban J connectivity index is 1.34. The minimum Gasteiger partial charge on any atom is -0.274 e. The molecule has 0 aromatic heterocycles. The van der Waals surface area contributed by atoms with E-state index in [2.05, 4.69) is 31.9 Å². The number of imide groups is 2. The largest absolute Gasteiger partial charge is 0.274 e. The molecule has 4 aromatic rings. The average molecular weight is 712 g/mol. The Bertz CT molecular complexity index is 1690. The second kappa shape index (κ2) is 10.3. The zero-order chi connectivity index (χ0) is 30.3. The number of para-hydroxylation sites is 2. The second-order valence-corrected chi connectivity index (χ2v) is 13.2. The van der Waals surface area contributed by atoms with Gasteiger partial charge >= 0.3 is 0 Å². The maximum Gasteiger partial charge on any atom is 0.253 e. The van der Waals surface area contributed by atoms with Gasteiger partial charge in [0.1, 0.15) is 12.1 Å². The molecule has 4 amide bonds. The van der Waals surface area contributed by atoms with E-state index < -0.39 is 36.0 Å². The summed E-state index contributed by atoms with van der Waals surface area (Å²) in [4.78, 5) is 60.1. The van der Waals surface area contributed by atoms with Crippen molar-refractivity contribution >= 4 is 66.9 Å². The van der Waals surface area contributed by atoms with Crippen LogP contribution < -0.4 is 9.80 Å². The lowest BCUT2D eigenvalue weighted by Crippen LogP contribution is -2.50. The molecule has 4 aromatic carbocycles. The molecule has 4 saturated heterocycles. The van der Waals surface area contributed by atoms with Gasteiger partial charge in [-0.1, -0.05) is 92.5 Å². The van der Waals surface area contributed by atoms with E-state index in [1.807, 2.05) is 70.7 Å². The predicted molar refractivity (Wildman–Crippen MR) is 170 cm³/mol. The van der Waals surface area contributed by atoms with Crippen LogP contribution >= 0.6 is 31.9 Å². The molecule has 218 valence electrons. The number of rotatable bonds is 4. The van der Waals surface area contributed by atoms with Crippen molar-refractivity contribution in [3.8, 4) is 0 Å². The lowest BCUT2D eigenvalue weighted by molar-refractivity contribution is -0.136. The Morgan fingerprint density at radius 2 is 0.750 bits per heavy atom. The third kappa shape index (κ3) is 3.88. The van der Waals surface area contributed by atoms with E-state index in [1.54, 1.807) is 48.5 Å². The first-order chi connectivity index (χ1) is 21.4. The number of amides is 4. The third-order valence-corrected chi connectivity index (χ3v) is 10.2. The van der Waals surface area contributed by atoms with Crippen molar-refractivity contribution < 1.29 is 19.2 Å². The van der Waals surface area contributed by atoms with Crippen LogP contribution in [0.4, 0.5) is 11.4 Å². The van der Waals surface area contributed by atoms with Crippen LogP contribution in [0.25, 0.3) is 0 Å². The van der Waals surface area contributed by atoms with E-state index >= 15 is 0 Å². The maximum absolute atomic E-state index is 14.4. The van der Waals surface area contributed by atoms with Gasteiger partial charge in [0, 0.05) is 8.95 Å². The first-order valence-corrected chi connectivity index (χ1v) is 15.9. The molecule has 0 spiro atoms. The third-order valence-electron chi connectivity index (χ3n) is 9.18. The Labute approximate surface area is 270 Å². The summed E-state index contributed by atoms with van der Waals surface area (Å²) in [5, 5.41) is 3.77. The molecule has 8 nitrogen and oxygen atoms in total. The first kappa shape index (κ1) is 27.6. The van der Waals surface area contributed by atoms with E-state index in [0.29, 0.717) is 11.4 Å². The summed E-state index contributed by atoms with van der Waals surface area (Å²) in [6.07, 6.45) is 0. The molecular formula is C34H24Br2N4O4. The molecule has 0 unspecified atom stereocenters. The Morgan fingerprint density at radius 1 is 0.409 bits per heavy atom. The van der Waals surface area contributed by atoms with Crippen LogP contribution in [0.5, 0.6) is 0 Å². The summed E-state index contributed by atoms with van der Waals surface area (Å²) in [5.41, 5.74) is 2.57. The lowest BCUT2D eigenvalue weighted by Gasteiger charge is -2.35. The van der Waals surface area contributed by atoms with Crippen molar-refractivity contribution in [3.63, 3.8) is 0 Å². The number of nitrogens with zero attached hydrogens (tertiary/aromatic N) is 4. The molecule has 10 heteroatoms. The van der Waals surface area contributed by atoms with Gasteiger partial charge < -0.3 is 0 Å². The summed E-state index contributed by atoms with van der Waals surface area (Å²) in [6, 6.07) is 29.9. The highest BCUT2D eigenvalue weighted by molar-refractivity contribution is 9.10. The molecule has 0 bridgehead atoms. The molecule has 4 aliphatic rings. The summed E-state index contributed by atoms with van der Waals surface area (Å²) in [6.45, 7) is 0. The molecule has 4 aliphatic heterocycles. The molecule has 44 heavy (non-hydrogen) atoms. The van der Waals surface area contributed by atoms with Crippen LogP contribution in [0.3, 0.4) is 0 Å². The minimum absolute atomic E-state index is 0.323. The number of fused-ring (bicyclic) bond motifs is 5. The van der Waals surface area contributed by atoms with Gasteiger partial charge in [0.05, 0.1) is 35.3 Å². The average Bonchev–Trinajstić information content (AvgIpc) is 3.70. The van der Waals surface area contributed by atoms with E-state index in [0.717, 1.165) is 20.1 Å². The van der Waals surface area contributed by atoms with Gasteiger partial charge in [-0.25, -0.2) is 19.8 Å². The highest BCUT2D eigenvalue weighted by Gasteiger charge is 2.73. The zero-order valence-corrected chi connectivity index (χ0v) is 26.2. The van der Waals surface area contributed by atoms with E-state index in [-0.39, 0.29) is 23.6 Å².